The maximum atomic E-state index is 12.5. The van der Waals surface area contributed by atoms with Gasteiger partial charge >= 0.3 is 0 Å². The number of likely N-dealkylation sites (N-methyl/N-ethyl adjacent to an activating group) is 1. The normalized spacial score (nSPS) is 20.9. The third-order valence-corrected chi connectivity index (χ3v) is 4.16. The van der Waals surface area contributed by atoms with Crippen molar-refractivity contribution in [3.63, 3.8) is 0 Å². The molecule has 1 N–H and O–H groups in total. The Morgan fingerprint density at radius 1 is 1.45 bits per heavy atom. The quantitative estimate of drug-likeness (QED) is 0.889. The number of piperidine rings is 1. The Hall–Kier alpha value is -1.36. The topological polar surface area (TPSA) is 50.2 Å². The van der Waals surface area contributed by atoms with Crippen molar-refractivity contribution in [1.82, 2.24) is 14.9 Å². The maximum absolute atomic E-state index is 12.5. The summed E-state index contributed by atoms with van der Waals surface area (Å²) in [7, 11) is 0. The van der Waals surface area contributed by atoms with E-state index in [0.717, 1.165) is 25.9 Å². The molecule has 5 heteroatoms. The van der Waals surface area contributed by atoms with Crippen LogP contribution in [-0.2, 0) is 6.54 Å². The highest BCUT2D eigenvalue weighted by atomic mass is 16.1. The van der Waals surface area contributed by atoms with Crippen LogP contribution in [0.2, 0.25) is 0 Å². The molecule has 0 amide bonds. The predicted octanol–water partition coefficient (Wildman–Crippen LogP) is 1.62. The molecule has 0 aliphatic carbocycles. The van der Waals surface area contributed by atoms with E-state index in [1.807, 2.05) is 6.92 Å². The second-order valence-corrected chi connectivity index (χ2v) is 5.44. The van der Waals surface area contributed by atoms with E-state index in [2.05, 4.69) is 29.0 Å². The fourth-order valence-electron chi connectivity index (χ4n) is 3.08. The van der Waals surface area contributed by atoms with Gasteiger partial charge in [-0.1, -0.05) is 6.92 Å². The van der Waals surface area contributed by atoms with Gasteiger partial charge in [-0.05, 0) is 39.7 Å². The summed E-state index contributed by atoms with van der Waals surface area (Å²) in [4.78, 5) is 19.0. The predicted molar refractivity (Wildman–Crippen MR) is 82.3 cm³/mol. The molecule has 112 valence electrons. The van der Waals surface area contributed by atoms with Crippen molar-refractivity contribution in [2.75, 3.05) is 18.0 Å². The third kappa shape index (κ3) is 3.03. The zero-order valence-electron chi connectivity index (χ0n) is 12.8. The van der Waals surface area contributed by atoms with E-state index in [1.54, 1.807) is 17.0 Å². The standard InChI is InChI=1S/C15H26N4O/c1-4-16-12(3)13-8-6-7-10-19(13)14-15(20)18(5-2)11-9-17-14/h9,11-13,16H,4-8,10H2,1-3H3. The van der Waals surface area contributed by atoms with Crippen molar-refractivity contribution < 1.29 is 0 Å². The van der Waals surface area contributed by atoms with Gasteiger partial charge in [0.1, 0.15) is 0 Å². The number of aryl methyl sites for hydroxylation is 1. The van der Waals surface area contributed by atoms with E-state index < -0.39 is 0 Å². The lowest BCUT2D eigenvalue weighted by Crippen LogP contribution is -2.53. The lowest BCUT2D eigenvalue weighted by atomic mass is 9.96. The molecule has 2 heterocycles. The highest BCUT2D eigenvalue weighted by Gasteiger charge is 2.29. The first-order chi connectivity index (χ1) is 9.69. The van der Waals surface area contributed by atoms with Crippen LogP contribution in [0.3, 0.4) is 0 Å². The van der Waals surface area contributed by atoms with E-state index in [4.69, 9.17) is 0 Å². The molecule has 1 aromatic rings. The highest BCUT2D eigenvalue weighted by Crippen LogP contribution is 2.23. The summed E-state index contributed by atoms with van der Waals surface area (Å²) in [6, 6.07) is 0.730. The summed E-state index contributed by atoms with van der Waals surface area (Å²) in [6.45, 7) is 8.88. The van der Waals surface area contributed by atoms with Crippen LogP contribution in [0.1, 0.15) is 40.0 Å². The van der Waals surface area contributed by atoms with Gasteiger partial charge in [0.05, 0.1) is 0 Å². The number of nitrogens with zero attached hydrogens (tertiary/aromatic N) is 3. The van der Waals surface area contributed by atoms with Crippen molar-refractivity contribution in [1.29, 1.82) is 0 Å². The van der Waals surface area contributed by atoms with Gasteiger partial charge in [0.15, 0.2) is 5.82 Å². The van der Waals surface area contributed by atoms with Gasteiger partial charge in [-0.2, -0.15) is 0 Å². The molecule has 5 nitrogen and oxygen atoms in total. The molecule has 1 aromatic heterocycles. The second kappa shape index (κ2) is 6.88. The van der Waals surface area contributed by atoms with Crippen molar-refractivity contribution in [2.45, 2.75) is 58.7 Å². The summed E-state index contributed by atoms with van der Waals surface area (Å²) < 4.78 is 1.73. The van der Waals surface area contributed by atoms with Crippen molar-refractivity contribution >= 4 is 5.82 Å². The minimum absolute atomic E-state index is 0.0330. The molecule has 2 atom stereocenters. The summed E-state index contributed by atoms with van der Waals surface area (Å²) in [5, 5.41) is 3.48. The Kier molecular flexibility index (Phi) is 5.17. The molecule has 2 rings (SSSR count). The summed E-state index contributed by atoms with van der Waals surface area (Å²) >= 11 is 0. The first-order valence-corrected chi connectivity index (χ1v) is 7.74. The molecule has 1 fully saturated rings. The van der Waals surface area contributed by atoms with Crippen molar-refractivity contribution in [3.8, 4) is 0 Å². The molecule has 0 radical (unpaired) electrons. The molecular weight excluding hydrogens is 252 g/mol. The average Bonchev–Trinajstić information content (AvgIpc) is 2.48. The van der Waals surface area contributed by atoms with Crippen molar-refractivity contribution in [3.05, 3.63) is 22.7 Å². The highest BCUT2D eigenvalue weighted by molar-refractivity contribution is 5.38. The SMILES string of the molecule is CCNC(C)C1CCCCN1c1nccn(CC)c1=O. The van der Waals surface area contributed by atoms with E-state index >= 15 is 0 Å². The van der Waals surface area contributed by atoms with Crippen molar-refractivity contribution in [2.24, 2.45) is 0 Å². The van der Waals surface area contributed by atoms with Crippen LogP contribution in [0, 0.1) is 0 Å². The molecule has 0 saturated carbocycles. The van der Waals surface area contributed by atoms with Crippen LogP contribution in [0.5, 0.6) is 0 Å². The number of nitrogens with one attached hydrogen (secondary N) is 1. The van der Waals surface area contributed by atoms with E-state index in [9.17, 15) is 4.79 Å². The Morgan fingerprint density at radius 3 is 2.95 bits per heavy atom. The molecular formula is C15H26N4O. The maximum Gasteiger partial charge on any atom is 0.293 e. The number of anilines is 1. The summed E-state index contributed by atoms with van der Waals surface area (Å²) in [5.41, 5.74) is 0.0330. The first-order valence-electron chi connectivity index (χ1n) is 7.74. The molecule has 20 heavy (non-hydrogen) atoms. The molecule has 1 aliphatic rings. The van der Waals surface area contributed by atoms with E-state index in [0.29, 0.717) is 24.4 Å². The van der Waals surface area contributed by atoms with Crippen LogP contribution in [0.4, 0.5) is 5.82 Å². The smallest absolute Gasteiger partial charge is 0.293 e. The minimum atomic E-state index is 0.0330. The first kappa shape index (κ1) is 15.0. The lowest BCUT2D eigenvalue weighted by Gasteiger charge is -2.40. The Labute approximate surface area is 121 Å². The Morgan fingerprint density at radius 2 is 2.25 bits per heavy atom. The van der Waals surface area contributed by atoms with Gasteiger partial charge in [0.25, 0.3) is 5.56 Å². The number of hydrogen-bond donors (Lipinski definition) is 1. The minimum Gasteiger partial charge on any atom is -0.347 e. The van der Waals surface area contributed by atoms with Crippen LogP contribution in [-0.4, -0.2) is 34.7 Å². The molecule has 0 bridgehead atoms. The summed E-state index contributed by atoms with van der Waals surface area (Å²) in [6.07, 6.45) is 6.99. The molecule has 2 unspecified atom stereocenters. The van der Waals surface area contributed by atoms with Gasteiger partial charge in [0, 0.05) is 37.6 Å². The van der Waals surface area contributed by atoms with Gasteiger partial charge in [-0.25, -0.2) is 4.98 Å². The largest absolute Gasteiger partial charge is 0.347 e. The fraction of sp³-hybridized carbons (Fsp3) is 0.733. The molecule has 1 saturated heterocycles. The van der Waals surface area contributed by atoms with Gasteiger partial charge < -0.3 is 14.8 Å². The van der Waals surface area contributed by atoms with Gasteiger partial charge in [0.2, 0.25) is 0 Å². The number of aromatic nitrogens is 2. The van der Waals surface area contributed by atoms with Gasteiger partial charge in [-0.3, -0.25) is 4.79 Å². The molecule has 1 aliphatic heterocycles. The fourth-order valence-corrected chi connectivity index (χ4v) is 3.08. The zero-order valence-corrected chi connectivity index (χ0v) is 12.8. The number of rotatable bonds is 5. The van der Waals surface area contributed by atoms with E-state index in [-0.39, 0.29) is 5.56 Å². The summed E-state index contributed by atoms with van der Waals surface area (Å²) in [5.74, 6) is 0.615. The van der Waals surface area contributed by atoms with Crippen LogP contribution in [0.15, 0.2) is 17.2 Å². The van der Waals surface area contributed by atoms with Crippen LogP contribution >= 0.6 is 0 Å². The average molecular weight is 278 g/mol. The molecule has 0 aromatic carbocycles. The monoisotopic (exact) mass is 278 g/mol. The zero-order chi connectivity index (χ0) is 14.5. The Bertz CT molecular complexity index is 485. The third-order valence-electron chi connectivity index (χ3n) is 4.16. The van der Waals surface area contributed by atoms with Crippen LogP contribution < -0.4 is 15.8 Å². The Balaban J connectivity index is 2.30. The molecule has 0 spiro atoms. The van der Waals surface area contributed by atoms with E-state index in [1.165, 1.54) is 6.42 Å². The lowest BCUT2D eigenvalue weighted by molar-refractivity contribution is 0.369. The van der Waals surface area contributed by atoms with Gasteiger partial charge in [-0.15, -0.1) is 0 Å². The van der Waals surface area contributed by atoms with Crippen LogP contribution in [0.25, 0.3) is 0 Å². The number of hydrogen-bond acceptors (Lipinski definition) is 4. The second-order valence-electron chi connectivity index (χ2n) is 5.44.